The summed E-state index contributed by atoms with van der Waals surface area (Å²) in [6, 6.07) is -0.216. The summed E-state index contributed by atoms with van der Waals surface area (Å²) in [6.45, 7) is 3.74. The van der Waals surface area contributed by atoms with Crippen LogP contribution in [-0.4, -0.2) is 29.1 Å². The van der Waals surface area contributed by atoms with E-state index in [4.69, 9.17) is 4.52 Å². The Morgan fingerprint density at radius 1 is 1.23 bits per heavy atom. The number of hydrogen-bond acceptors (Lipinski definition) is 5. The number of nitrogens with one attached hydrogen (secondary N) is 2. The number of piperidine rings is 1. The second kappa shape index (κ2) is 7.22. The van der Waals surface area contributed by atoms with Crippen molar-refractivity contribution >= 4 is 5.91 Å². The summed E-state index contributed by atoms with van der Waals surface area (Å²) in [7, 11) is 0. The van der Waals surface area contributed by atoms with Gasteiger partial charge in [0.15, 0.2) is 5.82 Å². The normalized spacial score (nSPS) is 22.4. The summed E-state index contributed by atoms with van der Waals surface area (Å²) in [6.07, 6.45) is 7.89. The van der Waals surface area contributed by atoms with E-state index in [0.717, 1.165) is 44.6 Å². The van der Waals surface area contributed by atoms with Gasteiger partial charge in [-0.2, -0.15) is 4.98 Å². The van der Waals surface area contributed by atoms with E-state index >= 15 is 0 Å². The maximum atomic E-state index is 12.3. The van der Waals surface area contributed by atoms with Gasteiger partial charge in [0.1, 0.15) is 6.04 Å². The summed E-state index contributed by atoms with van der Waals surface area (Å²) >= 11 is 0. The van der Waals surface area contributed by atoms with Gasteiger partial charge in [0.05, 0.1) is 0 Å². The highest BCUT2D eigenvalue weighted by Gasteiger charge is 2.26. The van der Waals surface area contributed by atoms with Crippen molar-refractivity contribution in [2.45, 2.75) is 63.8 Å². The van der Waals surface area contributed by atoms with Crippen LogP contribution in [0, 0.1) is 5.92 Å². The molecule has 1 saturated carbocycles. The van der Waals surface area contributed by atoms with Crippen LogP contribution in [0.4, 0.5) is 0 Å². The number of rotatable bonds is 4. The fourth-order valence-electron chi connectivity index (χ4n) is 3.43. The van der Waals surface area contributed by atoms with Gasteiger partial charge in [-0.05, 0) is 45.7 Å². The molecule has 1 aliphatic carbocycles. The highest BCUT2D eigenvalue weighted by molar-refractivity contribution is 5.79. The first-order chi connectivity index (χ1) is 10.7. The maximum absolute atomic E-state index is 12.3. The monoisotopic (exact) mass is 306 g/mol. The Bertz CT molecular complexity index is 490. The van der Waals surface area contributed by atoms with E-state index in [0.29, 0.717) is 11.8 Å². The number of amides is 1. The SMILES string of the molecule is CC(NC(=O)C1CCNCC1)c1nc(C2CCCCC2)no1. The molecule has 1 aromatic rings. The Morgan fingerprint density at radius 3 is 2.68 bits per heavy atom. The minimum atomic E-state index is -0.216. The molecule has 1 amide bonds. The third-order valence-corrected chi connectivity index (χ3v) is 4.87. The molecule has 1 saturated heterocycles. The van der Waals surface area contributed by atoms with E-state index < -0.39 is 0 Å². The zero-order chi connectivity index (χ0) is 15.4. The zero-order valence-electron chi connectivity index (χ0n) is 13.3. The lowest BCUT2D eigenvalue weighted by Gasteiger charge is -2.22. The van der Waals surface area contributed by atoms with E-state index in [9.17, 15) is 4.79 Å². The van der Waals surface area contributed by atoms with Crippen molar-refractivity contribution in [3.05, 3.63) is 11.7 Å². The summed E-state index contributed by atoms with van der Waals surface area (Å²) < 4.78 is 5.38. The molecule has 22 heavy (non-hydrogen) atoms. The molecule has 0 bridgehead atoms. The molecular weight excluding hydrogens is 280 g/mol. The number of hydrogen-bond donors (Lipinski definition) is 2. The Balaban J connectivity index is 1.56. The molecule has 2 heterocycles. The van der Waals surface area contributed by atoms with Gasteiger partial charge in [0.25, 0.3) is 0 Å². The van der Waals surface area contributed by atoms with Crippen molar-refractivity contribution in [3.8, 4) is 0 Å². The van der Waals surface area contributed by atoms with Crippen LogP contribution in [0.15, 0.2) is 4.52 Å². The minimum Gasteiger partial charge on any atom is -0.344 e. The van der Waals surface area contributed by atoms with Crippen molar-refractivity contribution in [1.29, 1.82) is 0 Å². The van der Waals surface area contributed by atoms with Gasteiger partial charge < -0.3 is 15.2 Å². The van der Waals surface area contributed by atoms with Gasteiger partial charge in [0.2, 0.25) is 11.8 Å². The molecule has 6 nitrogen and oxygen atoms in total. The Labute approximate surface area is 131 Å². The third kappa shape index (κ3) is 3.66. The minimum absolute atomic E-state index is 0.101. The van der Waals surface area contributed by atoms with Crippen LogP contribution in [0.3, 0.4) is 0 Å². The first-order valence-electron chi connectivity index (χ1n) is 8.58. The molecule has 3 rings (SSSR count). The Hall–Kier alpha value is -1.43. The van der Waals surface area contributed by atoms with E-state index in [2.05, 4.69) is 20.8 Å². The number of nitrogens with zero attached hydrogens (tertiary/aromatic N) is 2. The molecule has 6 heteroatoms. The second-order valence-corrected chi connectivity index (χ2v) is 6.58. The van der Waals surface area contributed by atoms with Crippen molar-refractivity contribution in [2.75, 3.05) is 13.1 Å². The van der Waals surface area contributed by atoms with Gasteiger partial charge in [-0.1, -0.05) is 24.4 Å². The highest BCUT2D eigenvalue weighted by Crippen LogP contribution is 2.31. The average Bonchev–Trinajstić information content (AvgIpc) is 3.06. The number of aromatic nitrogens is 2. The van der Waals surface area contributed by atoms with E-state index in [1.54, 1.807) is 0 Å². The maximum Gasteiger partial charge on any atom is 0.248 e. The van der Waals surface area contributed by atoms with Crippen molar-refractivity contribution < 1.29 is 9.32 Å². The molecule has 0 radical (unpaired) electrons. The predicted octanol–water partition coefficient (Wildman–Crippen LogP) is 2.29. The molecule has 2 fully saturated rings. The Morgan fingerprint density at radius 2 is 1.95 bits per heavy atom. The molecule has 2 aliphatic rings. The van der Waals surface area contributed by atoms with E-state index in [1.807, 2.05) is 6.92 Å². The molecule has 1 atom stereocenters. The lowest BCUT2D eigenvalue weighted by Crippen LogP contribution is -2.39. The molecule has 1 aliphatic heterocycles. The largest absolute Gasteiger partial charge is 0.344 e. The summed E-state index contributed by atoms with van der Waals surface area (Å²) in [5.74, 6) is 1.98. The lowest BCUT2D eigenvalue weighted by molar-refractivity contribution is -0.126. The predicted molar refractivity (Wildman–Crippen MR) is 82.3 cm³/mol. The van der Waals surface area contributed by atoms with Crippen LogP contribution in [0.1, 0.15) is 75.5 Å². The number of carbonyl (C=O) groups excluding carboxylic acids is 1. The van der Waals surface area contributed by atoms with Crippen LogP contribution in [0.5, 0.6) is 0 Å². The van der Waals surface area contributed by atoms with Crippen LogP contribution in [-0.2, 0) is 4.79 Å². The molecule has 0 spiro atoms. The van der Waals surface area contributed by atoms with E-state index in [-0.39, 0.29) is 17.9 Å². The highest BCUT2D eigenvalue weighted by atomic mass is 16.5. The smallest absolute Gasteiger partial charge is 0.248 e. The van der Waals surface area contributed by atoms with Crippen LogP contribution < -0.4 is 10.6 Å². The third-order valence-electron chi connectivity index (χ3n) is 4.87. The van der Waals surface area contributed by atoms with Crippen LogP contribution >= 0.6 is 0 Å². The molecule has 1 aromatic heterocycles. The van der Waals surface area contributed by atoms with E-state index in [1.165, 1.54) is 19.3 Å². The molecule has 1 unspecified atom stereocenters. The second-order valence-electron chi connectivity index (χ2n) is 6.58. The molecule has 2 N–H and O–H groups in total. The quantitative estimate of drug-likeness (QED) is 0.892. The van der Waals surface area contributed by atoms with Crippen molar-refractivity contribution in [2.24, 2.45) is 5.92 Å². The molecular formula is C16H26N4O2. The fraction of sp³-hybridized carbons (Fsp3) is 0.812. The average molecular weight is 306 g/mol. The fourth-order valence-corrected chi connectivity index (χ4v) is 3.43. The van der Waals surface area contributed by atoms with Gasteiger partial charge in [-0.15, -0.1) is 0 Å². The number of carbonyl (C=O) groups is 1. The summed E-state index contributed by atoms with van der Waals surface area (Å²) in [5, 5.41) is 10.4. The van der Waals surface area contributed by atoms with Gasteiger partial charge in [0, 0.05) is 11.8 Å². The summed E-state index contributed by atoms with van der Waals surface area (Å²) in [5.41, 5.74) is 0. The first-order valence-corrected chi connectivity index (χ1v) is 8.58. The van der Waals surface area contributed by atoms with Gasteiger partial charge in [-0.3, -0.25) is 4.79 Å². The summed E-state index contributed by atoms with van der Waals surface area (Å²) in [4.78, 5) is 16.8. The van der Waals surface area contributed by atoms with Crippen LogP contribution in [0.2, 0.25) is 0 Å². The van der Waals surface area contributed by atoms with Gasteiger partial charge in [-0.25, -0.2) is 0 Å². The molecule has 122 valence electrons. The van der Waals surface area contributed by atoms with Crippen molar-refractivity contribution in [1.82, 2.24) is 20.8 Å². The first kappa shape index (κ1) is 15.5. The lowest BCUT2D eigenvalue weighted by atomic mass is 9.89. The van der Waals surface area contributed by atoms with Crippen molar-refractivity contribution in [3.63, 3.8) is 0 Å². The molecule has 0 aromatic carbocycles. The van der Waals surface area contributed by atoms with Crippen LogP contribution in [0.25, 0.3) is 0 Å². The topological polar surface area (TPSA) is 80.0 Å². The zero-order valence-corrected chi connectivity index (χ0v) is 13.3. The van der Waals surface area contributed by atoms with Gasteiger partial charge >= 0.3 is 0 Å². The Kier molecular flexibility index (Phi) is 5.08. The standard InChI is InChI=1S/C16H26N4O2/c1-11(18-15(21)13-7-9-17-10-8-13)16-19-14(20-22-16)12-5-3-2-4-6-12/h11-13,17H,2-10H2,1H3,(H,18,21).